The van der Waals surface area contributed by atoms with Crippen LogP contribution in [0.2, 0.25) is 5.02 Å². The summed E-state index contributed by atoms with van der Waals surface area (Å²) in [5.41, 5.74) is 7.36. The third kappa shape index (κ3) is 9.72. The second kappa shape index (κ2) is 18.9. The summed E-state index contributed by atoms with van der Waals surface area (Å²) in [5.74, 6) is -0.905. The van der Waals surface area contributed by atoms with Gasteiger partial charge in [-0.3, -0.25) is 19.8 Å². The first-order valence-electron chi connectivity index (χ1n) is 23.6. The lowest BCUT2D eigenvalue weighted by Gasteiger charge is -2.39. The van der Waals surface area contributed by atoms with Crippen molar-refractivity contribution in [2.24, 2.45) is 5.41 Å². The summed E-state index contributed by atoms with van der Waals surface area (Å²) in [7, 11) is -4.58. The zero-order valence-electron chi connectivity index (χ0n) is 38.4. The van der Waals surface area contributed by atoms with Crippen molar-refractivity contribution in [3.8, 4) is 5.69 Å². The lowest BCUT2D eigenvalue weighted by atomic mass is 9.72. The van der Waals surface area contributed by atoms with E-state index in [4.69, 9.17) is 21.3 Å². The van der Waals surface area contributed by atoms with Crippen LogP contribution >= 0.6 is 11.6 Å². The van der Waals surface area contributed by atoms with Gasteiger partial charge in [0.15, 0.2) is 0 Å². The zero-order valence-corrected chi connectivity index (χ0v) is 40.0. The summed E-state index contributed by atoms with van der Waals surface area (Å²) in [6.07, 6.45) is 10.2. The number of piperazine rings is 1. The first kappa shape index (κ1) is 45.9. The molecule has 0 radical (unpaired) electrons. The third-order valence-electron chi connectivity index (χ3n) is 14.4. The quantitative estimate of drug-likeness (QED) is 0.0788. The lowest BCUT2D eigenvalue weighted by molar-refractivity contribution is -0.384. The molecule has 356 valence electrons. The Bertz CT molecular complexity index is 3000. The van der Waals surface area contributed by atoms with Crippen molar-refractivity contribution in [2.75, 3.05) is 69.2 Å². The molecule has 0 saturated carbocycles. The Labute approximate surface area is 400 Å². The molecule has 16 nitrogen and oxygen atoms in total. The number of aromatic amines is 1. The number of piperidine rings is 1. The highest BCUT2D eigenvalue weighted by atomic mass is 35.5. The van der Waals surface area contributed by atoms with Gasteiger partial charge in [0.1, 0.15) is 16.9 Å². The smallest absolute Gasteiger partial charge is 0.293 e. The molecule has 4 aliphatic rings. The van der Waals surface area contributed by atoms with Crippen LogP contribution in [-0.4, -0.2) is 120 Å². The molecular formula is C50H57ClN10O6S. The number of nitro groups is 1. The molecule has 0 bridgehead atoms. The van der Waals surface area contributed by atoms with Crippen LogP contribution in [0.25, 0.3) is 33.3 Å². The molecule has 0 unspecified atom stereocenters. The van der Waals surface area contributed by atoms with Gasteiger partial charge in [-0.15, -0.1) is 0 Å². The average Bonchev–Trinajstić information content (AvgIpc) is 3.98. The molecule has 10 rings (SSSR count). The fourth-order valence-corrected chi connectivity index (χ4v) is 11.6. The summed E-state index contributed by atoms with van der Waals surface area (Å²) in [6.45, 7) is 11.9. The molecule has 6 heterocycles. The van der Waals surface area contributed by atoms with E-state index in [0.717, 1.165) is 126 Å². The molecule has 18 heteroatoms. The van der Waals surface area contributed by atoms with Gasteiger partial charge < -0.3 is 24.8 Å². The van der Waals surface area contributed by atoms with E-state index in [0.29, 0.717) is 28.4 Å². The Hall–Kier alpha value is -5.85. The van der Waals surface area contributed by atoms with Crippen LogP contribution in [0, 0.1) is 15.5 Å². The maximum absolute atomic E-state index is 14.3. The first-order valence-corrected chi connectivity index (χ1v) is 25.5. The van der Waals surface area contributed by atoms with Gasteiger partial charge in [-0.05, 0) is 116 Å². The third-order valence-corrected chi connectivity index (χ3v) is 15.9. The monoisotopic (exact) mass is 960 g/mol. The van der Waals surface area contributed by atoms with Gasteiger partial charge in [-0.2, -0.15) is 5.10 Å². The standard InChI is InChI=1S/C50H57ClN10O6S/c1-50(2)17-11-35(42(30-50)33-3-5-36(51)6-4-33)32-57-21-23-59(24-22-57)39-7-9-41(45(28-39)60-46-27-34-12-18-52-48(34)55-44(46)31-53-60)49(62)56-68(65,66)40-8-10-43(47(29-40)61(63)64)54-37-13-19-58(20-14-37)38-15-25-67-26-16-38/h3-10,12,18,27-29,31,37-38,54H,11,13-17,19-26,30,32H2,1-2H3,(H,52,55)(H,56,62). The molecule has 0 atom stereocenters. The van der Waals surface area contributed by atoms with Crippen molar-refractivity contribution in [1.82, 2.24) is 34.3 Å². The number of hydrogen-bond donors (Lipinski definition) is 3. The largest absolute Gasteiger partial charge is 0.381 e. The number of carbonyl (C=O) groups is 1. The van der Waals surface area contributed by atoms with E-state index >= 15 is 0 Å². The maximum atomic E-state index is 14.3. The molecule has 3 aliphatic heterocycles. The number of carbonyl (C=O) groups excluding carboxylic acids is 1. The number of amides is 1. The van der Waals surface area contributed by atoms with E-state index < -0.39 is 25.7 Å². The number of halogens is 1. The highest BCUT2D eigenvalue weighted by molar-refractivity contribution is 7.90. The van der Waals surface area contributed by atoms with Crippen molar-refractivity contribution < 1.29 is 22.9 Å². The van der Waals surface area contributed by atoms with Crippen molar-refractivity contribution in [1.29, 1.82) is 0 Å². The van der Waals surface area contributed by atoms with Gasteiger partial charge in [0.25, 0.3) is 21.6 Å². The number of sulfonamides is 1. The van der Waals surface area contributed by atoms with E-state index in [1.807, 2.05) is 36.4 Å². The van der Waals surface area contributed by atoms with Gasteiger partial charge >= 0.3 is 0 Å². The zero-order chi connectivity index (χ0) is 47.2. The molecular weight excluding hydrogens is 904 g/mol. The molecule has 3 saturated heterocycles. The number of nitrogens with zero attached hydrogens (tertiary/aromatic N) is 7. The van der Waals surface area contributed by atoms with Crippen LogP contribution in [0.15, 0.2) is 95.7 Å². The summed E-state index contributed by atoms with van der Waals surface area (Å²) < 4.78 is 37.3. The summed E-state index contributed by atoms with van der Waals surface area (Å²) in [6, 6.07) is 21.5. The summed E-state index contributed by atoms with van der Waals surface area (Å²) in [4.78, 5) is 40.8. The second-order valence-corrected chi connectivity index (χ2v) is 21.5. The number of nitrogens with one attached hydrogen (secondary N) is 3. The van der Waals surface area contributed by atoms with E-state index in [1.165, 1.54) is 28.8 Å². The number of hydrogen-bond acceptors (Lipinski definition) is 12. The molecule has 3 aromatic heterocycles. The number of H-pyrrole nitrogens is 1. The number of rotatable bonds is 12. The number of nitro benzene ring substituents is 1. The Morgan fingerprint density at radius 1 is 0.956 bits per heavy atom. The lowest BCUT2D eigenvalue weighted by Crippen LogP contribution is -2.47. The number of benzene rings is 3. The number of aromatic nitrogens is 4. The van der Waals surface area contributed by atoms with Crippen molar-refractivity contribution in [3.05, 3.63) is 117 Å². The normalized spacial score (nSPS) is 19.2. The summed E-state index contributed by atoms with van der Waals surface area (Å²) >= 11 is 6.27. The predicted octanol–water partition coefficient (Wildman–Crippen LogP) is 8.42. The van der Waals surface area contributed by atoms with E-state index in [9.17, 15) is 23.3 Å². The Balaban J connectivity index is 0.884. The molecule has 3 fully saturated rings. The number of ether oxygens (including phenoxy) is 1. The van der Waals surface area contributed by atoms with Gasteiger partial charge in [0.2, 0.25) is 0 Å². The van der Waals surface area contributed by atoms with Gasteiger partial charge in [-0.25, -0.2) is 22.8 Å². The Kier molecular flexibility index (Phi) is 12.8. The minimum atomic E-state index is -4.58. The first-order chi connectivity index (χ1) is 32.8. The molecule has 3 aromatic carbocycles. The maximum Gasteiger partial charge on any atom is 0.293 e. The number of fused-ring (bicyclic) bond motifs is 2. The highest BCUT2D eigenvalue weighted by Gasteiger charge is 2.32. The predicted molar refractivity (Wildman–Crippen MR) is 265 cm³/mol. The average molecular weight is 962 g/mol. The number of allylic oxidation sites excluding steroid dienone is 1. The van der Waals surface area contributed by atoms with Crippen molar-refractivity contribution >= 4 is 72.2 Å². The van der Waals surface area contributed by atoms with Gasteiger partial charge in [0, 0.05) is 99.5 Å². The van der Waals surface area contributed by atoms with Gasteiger partial charge in [-0.1, -0.05) is 43.2 Å². The number of likely N-dealkylation sites (tertiary alicyclic amines) is 1. The molecule has 3 N–H and O–H groups in total. The van der Waals surface area contributed by atoms with Crippen molar-refractivity contribution in [2.45, 2.75) is 75.8 Å². The topological polar surface area (TPSA) is 184 Å². The van der Waals surface area contributed by atoms with Crippen LogP contribution in [0.3, 0.4) is 0 Å². The van der Waals surface area contributed by atoms with E-state index in [1.54, 1.807) is 23.1 Å². The van der Waals surface area contributed by atoms with E-state index in [2.05, 4.69) is 60.8 Å². The van der Waals surface area contributed by atoms with E-state index in [-0.39, 0.29) is 28.4 Å². The van der Waals surface area contributed by atoms with Crippen LogP contribution in [0.1, 0.15) is 74.7 Å². The molecule has 1 aliphatic carbocycles. The molecule has 68 heavy (non-hydrogen) atoms. The minimum absolute atomic E-state index is 0.0138. The fourth-order valence-electron chi connectivity index (χ4n) is 10.5. The molecule has 1 amide bonds. The fraction of sp³-hybridized carbons (Fsp3) is 0.420. The SMILES string of the molecule is CC1(C)CCC(CN2CCN(c3ccc(C(=O)NS(=O)(=O)c4ccc(NC5CCN(C6CCOCC6)CC5)c([N+](=O)[O-])c4)c(-n4ncc5nc6[nH]ccc6cc54)c3)CC2)=C(c2ccc(Cl)cc2)C1. The molecule has 6 aromatic rings. The highest BCUT2D eigenvalue weighted by Crippen LogP contribution is 2.43. The van der Waals surface area contributed by atoms with Crippen LogP contribution in [0.5, 0.6) is 0 Å². The minimum Gasteiger partial charge on any atom is -0.381 e. The number of pyridine rings is 1. The van der Waals surface area contributed by atoms with Crippen molar-refractivity contribution in [3.63, 3.8) is 0 Å². The Morgan fingerprint density at radius 2 is 1.72 bits per heavy atom. The van der Waals surface area contributed by atoms with Crippen LogP contribution in [-0.2, 0) is 14.8 Å². The number of anilines is 2. The molecule has 0 spiro atoms. The second-order valence-electron chi connectivity index (χ2n) is 19.4. The van der Waals surface area contributed by atoms with Crippen LogP contribution < -0.4 is 14.9 Å². The van der Waals surface area contributed by atoms with Gasteiger partial charge in [0.05, 0.1) is 32.8 Å². The summed E-state index contributed by atoms with van der Waals surface area (Å²) in [5, 5.41) is 22.0. The van der Waals surface area contributed by atoms with Crippen LogP contribution in [0.4, 0.5) is 17.1 Å². The Morgan fingerprint density at radius 3 is 2.47 bits per heavy atom.